The van der Waals surface area contributed by atoms with Gasteiger partial charge in [0.25, 0.3) is 11.8 Å². The van der Waals surface area contributed by atoms with Gasteiger partial charge >= 0.3 is 0 Å². The average Bonchev–Trinajstić information content (AvgIpc) is 2.74. The fraction of sp³-hybridized carbons (Fsp3) is 0.174. The molecule has 154 valence electrons. The third-order valence-electron chi connectivity index (χ3n) is 4.47. The molecule has 0 aliphatic rings. The van der Waals surface area contributed by atoms with Gasteiger partial charge in [-0.2, -0.15) is 4.57 Å². The molecule has 2 amide bonds. The van der Waals surface area contributed by atoms with Gasteiger partial charge in [0.15, 0.2) is 11.9 Å². The van der Waals surface area contributed by atoms with Crippen LogP contribution in [-0.4, -0.2) is 30.6 Å². The van der Waals surface area contributed by atoms with Crippen molar-refractivity contribution < 1.29 is 24.0 Å². The molecule has 7 nitrogen and oxygen atoms in total. The number of ether oxygens (including phenoxy) is 1. The molecule has 3 aromatic rings. The minimum absolute atomic E-state index is 0.0157. The monoisotopic (exact) mass is 406 g/mol. The SMILES string of the molecule is COc1ccc(CCNC(=O)c2ccccc2NC(=O)C[n+]2cccc(O)c2)cc1. The molecule has 3 rings (SSSR count). The molecule has 1 heterocycles. The number of hydrogen-bond acceptors (Lipinski definition) is 4. The highest BCUT2D eigenvalue weighted by Crippen LogP contribution is 2.15. The van der Waals surface area contributed by atoms with Crippen molar-refractivity contribution in [3.05, 3.63) is 84.2 Å². The molecule has 0 radical (unpaired) electrons. The van der Waals surface area contributed by atoms with E-state index in [1.165, 1.54) is 12.3 Å². The van der Waals surface area contributed by atoms with E-state index in [4.69, 9.17) is 4.74 Å². The van der Waals surface area contributed by atoms with E-state index in [1.54, 1.807) is 48.2 Å². The molecular formula is C23H24N3O4+. The maximum atomic E-state index is 12.6. The maximum Gasteiger partial charge on any atom is 0.290 e. The quantitative estimate of drug-likeness (QED) is 0.501. The van der Waals surface area contributed by atoms with Gasteiger partial charge in [-0.3, -0.25) is 9.59 Å². The van der Waals surface area contributed by atoms with E-state index in [-0.39, 0.29) is 24.1 Å². The number of methoxy groups -OCH3 is 1. The number of anilines is 1. The summed E-state index contributed by atoms with van der Waals surface area (Å²) in [6, 6.07) is 17.7. The number of nitrogens with zero attached hydrogens (tertiary/aromatic N) is 1. The normalized spacial score (nSPS) is 10.3. The summed E-state index contributed by atoms with van der Waals surface area (Å²) in [5, 5.41) is 15.2. The van der Waals surface area contributed by atoms with Crippen LogP contribution < -0.4 is 19.9 Å². The summed E-state index contributed by atoms with van der Waals surface area (Å²) < 4.78 is 6.70. The number of amides is 2. The Hall–Kier alpha value is -3.87. The van der Waals surface area contributed by atoms with Gasteiger partial charge in [0, 0.05) is 12.6 Å². The zero-order chi connectivity index (χ0) is 21.3. The van der Waals surface area contributed by atoms with Crippen molar-refractivity contribution in [2.24, 2.45) is 0 Å². The van der Waals surface area contributed by atoms with Crippen molar-refractivity contribution in [3.63, 3.8) is 0 Å². The highest BCUT2D eigenvalue weighted by Gasteiger charge is 2.15. The second kappa shape index (κ2) is 10.1. The molecule has 7 heteroatoms. The third-order valence-corrected chi connectivity index (χ3v) is 4.47. The topological polar surface area (TPSA) is 91.5 Å². The summed E-state index contributed by atoms with van der Waals surface area (Å²) in [6.45, 7) is 0.481. The van der Waals surface area contributed by atoms with Crippen LogP contribution in [0.2, 0.25) is 0 Å². The molecule has 1 aromatic heterocycles. The predicted molar refractivity (Wildman–Crippen MR) is 112 cm³/mol. The number of carbonyl (C=O) groups is 2. The first kappa shape index (κ1) is 20.9. The van der Waals surface area contributed by atoms with E-state index in [0.29, 0.717) is 24.2 Å². The van der Waals surface area contributed by atoms with Crippen molar-refractivity contribution in [2.75, 3.05) is 19.0 Å². The van der Waals surface area contributed by atoms with Crippen molar-refractivity contribution in [2.45, 2.75) is 13.0 Å². The molecule has 0 saturated heterocycles. The van der Waals surface area contributed by atoms with E-state index in [9.17, 15) is 14.7 Å². The maximum absolute atomic E-state index is 12.6. The van der Waals surface area contributed by atoms with Crippen LogP contribution in [0.3, 0.4) is 0 Å². The van der Waals surface area contributed by atoms with Crippen LogP contribution in [0.1, 0.15) is 15.9 Å². The van der Waals surface area contributed by atoms with Crippen LogP contribution in [0.25, 0.3) is 0 Å². The van der Waals surface area contributed by atoms with Crippen LogP contribution in [0.15, 0.2) is 73.1 Å². The number of hydrogen-bond donors (Lipinski definition) is 3. The first-order valence-corrected chi connectivity index (χ1v) is 9.53. The summed E-state index contributed by atoms with van der Waals surface area (Å²) in [5.41, 5.74) is 1.91. The Morgan fingerprint density at radius 2 is 1.80 bits per heavy atom. The fourth-order valence-corrected chi connectivity index (χ4v) is 2.96. The number of nitrogens with one attached hydrogen (secondary N) is 2. The highest BCUT2D eigenvalue weighted by molar-refractivity contribution is 6.03. The Labute approximate surface area is 174 Å². The molecule has 0 atom stereocenters. The summed E-state index contributed by atoms with van der Waals surface area (Å²) >= 11 is 0. The van der Waals surface area contributed by atoms with Crippen LogP contribution in [0.4, 0.5) is 5.69 Å². The van der Waals surface area contributed by atoms with Crippen molar-refractivity contribution in [3.8, 4) is 11.5 Å². The summed E-state index contributed by atoms with van der Waals surface area (Å²) in [4.78, 5) is 25.0. The molecule has 0 aliphatic heterocycles. The lowest BCUT2D eigenvalue weighted by molar-refractivity contribution is -0.684. The largest absolute Gasteiger partial charge is 0.503 e. The zero-order valence-corrected chi connectivity index (χ0v) is 16.7. The summed E-state index contributed by atoms with van der Waals surface area (Å²) in [6.07, 6.45) is 3.81. The molecule has 0 fully saturated rings. The summed E-state index contributed by atoms with van der Waals surface area (Å²) in [5.74, 6) is 0.298. The predicted octanol–water partition coefficient (Wildman–Crippen LogP) is 2.30. The van der Waals surface area contributed by atoms with E-state index < -0.39 is 0 Å². The molecule has 0 aliphatic carbocycles. The number of aromatic nitrogens is 1. The lowest BCUT2D eigenvalue weighted by Gasteiger charge is -2.11. The van der Waals surface area contributed by atoms with E-state index in [1.807, 2.05) is 24.3 Å². The molecule has 2 aromatic carbocycles. The first-order valence-electron chi connectivity index (χ1n) is 9.53. The van der Waals surface area contributed by atoms with Gasteiger partial charge in [0.2, 0.25) is 12.7 Å². The highest BCUT2D eigenvalue weighted by atomic mass is 16.5. The number of aromatic hydroxyl groups is 1. The smallest absolute Gasteiger partial charge is 0.290 e. The Morgan fingerprint density at radius 1 is 1.03 bits per heavy atom. The molecular weight excluding hydrogens is 382 g/mol. The van der Waals surface area contributed by atoms with E-state index in [2.05, 4.69) is 10.6 Å². The number of carbonyl (C=O) groups excluding carboxylic acids is 2. The fourth-order valence-electron chi connectivity index (χ4n) is 2.96. The van der Waals surface area contributed by atoms with Crippen LogP contribution in [-0.2, 0) is 17.8 Å². The van der Waals surface area contributed by atoms with Crippen LogP contribution in [0.5, 0.6) is 11.5 Å². The lowest BCUT2D eigenvalue weighted by Crippen LogP contribution is -2.39. The van der Waals surface area contributed by atoms with Crippen molar-refractivity contribution >= 4 is 17.5 Å². The van der Waals surface area contributed by atoms with Gasteiger partial charge < -0.3 is 20.5 Å². The van der Waals surface area contributed by atoms with Gasteiger partial charge in [-0.1, -0.05) is 24.3 Å². The van der Waals surface area contributed by atoms with Crippen molar-refractivity contribution in [1.82, 2.24) is 5.32 Å². The van der Waals surface area contributed by atoms with E-state index in [0.717, 1.165) is 11.3 Å². The molecule has 0 unspecified atom stereocenters. The molecule has 0 bridgehead atoms. The number of rotatable bonds is 8. The zero-order valence-electron chi connectivity index (χ0n) is 16.7. The lowest BCUT2D eigenvalue weighted by atomic mass is 10.1. The molecule has 0 spiro atoms. The Balaban J connectivity index is 1.57. The van der Waals surface area contributed by atoms with E-state index >= 15 is 0 Å². The van der Waals surface area contributed by atoms with Gasteiger partial charge in [-0.25, -0.2) is 0 Å². The van der Waals surface area contributed by atoms with Crippen molar-refractivity contribution in [1.29, 1.82) is 0 Å². The minimum Gasteiger partial charge on any atom is -0.503 e. The standard InChI is InChI=1S/C23H23N3O4/c1-30-19-10-8-17(9-11-19)12-13-24-23(29)20-6-2-3-7-21(20)25-22(28)16-26-14-4-5-18(27)15-26/h2-11,14-15H,12-13,16H2,1H3,(H2-,24,25,27,28,29)/p+1. The first-order chi connectivity index (χ1) is 14.5. The third kappa shape index (κ3) is 5.81. The second-order valence-electron chi connectivity index (χ2n) is 6.68. The average molecular weight is 406 g/mol. The Kier molecular flexibility index (Phi) is 7.00. The minimum atomic E-state index is -0.302. The Morgan fingerprint density at radius 3 is 2.53 bits per heavy atom. The van der Waals surface area contributed by atoms with Gasteiger partial charge in [0.05, 0.1) is 18.4 Å². The second-order valence-corrected chi connectivity index (χ2v) is 6.68. The molecule has 3 N–H and O–H groups in total. The summed E-state index contributed by atoms with van der Waals surface area (Å²) in [7, 11) is 1.62. The number of pyridine rings is 1. The van der Waals surface area contributed by atoms with Crippen LogP contribution in [0, 0.1) is 0 Å². The van der Waals surface area contributed by atoms with Gasteiger partial charge in [-0.05, 0) is 42.3 Å². The van der Waals surface area contributed by atoms with Gasteiger partial charge in [-0.15, -0.1) is 0 Å². The molecule has 30 heavy (non-hydrogen) atoms. The Bertz CT molecular complexity index is 1020. The number of para-hydroxylation sites is 1. The van der Waals surface area contributed by atoms with Crippen LogP contribution >= 0.6 is 0 Å². The van der Waals surface area contributed by atoms with Gasteiger partial charge in [0.1, 0.15) is 5.75 Å². The molecule has 0 saturated carbocycles. The number of benzene rings is 2.